The third-order valence-electron chi connectivity index (χ3n) is 4.62. The quantitative estimate of drug-likeness (QED) is 0.364. The second-order valence-corrected chi connectivity index (χ2v) is 7.42. The van der Waals surface area contributed by atoms with Crippen molar-refractivity contribution in [2.24, 2.45) is 0 Å². The maximum absolute atomic E-state index is 14.0. The van der Waals surface area contributed by atoms with E-state index in [0.717, 1.165) is 0 Å². The van der Waals surface area contributed by atoms with Gasteiger partial charge in [-0.15, -0.1) is 10.2 Å². The number of pyridine rings is 1. The summed E-state index contributed by atoms with van der Waals surface area (Å²) in [6.45, 7) is 1.79. The Balaban J connectivity index is 1.72. The number of hydrogen-bond acceptors (Lipinski definition) is 5. The Bertz CT molecular complexity index is 1230. The fraction of sp³-hybridized carbons (Fsp3) is 0.143. The number of aromatic amines is 1. The number of nitrogens with one attached hydrogen (secondary N) is 1. The van der Waals surface area contributed by atoms with Crippen LogP contribution in [-0.4, -0.2) is 25.6 Å². The number of hydrogen-bond donors (Lipinski definition) is 1. The fourth-order valence-corrected chi connectivity index (χ4v) is 3.93. The van der Waals surface area contributed by atoms with E-state index in [1.54, 1.807) is 37.3 Å². The van der Waals surface area contributed by atoms with Crippen LogP contribution in [-0.2, 0) is 0 Å². The first kappa shape index (κ1) is 21.1. The molecule has 2 aromatic heterocycles. The fourth-order valence-electron chi connectivity index (χ4n) is 3.22. The molecule has 0 saturated carbocycles. The number of halogens is 4. The summed E-state index contributed by atoms with van der Waals surface area (Å²) >= 11 is 12.5. The predicted molar refractivity (Wildman–Crippen MR) is 115 cm³/mol. The van der Waals surface area contributed by atoms with Crippen LogP contribution in [0.1, 0.15) is 42.0 Å². The smallest absolute Gasteiger partial charge is 0.265 e. The molecular weight excluding hydrogens is 447 g/mol. The summed E-state index contributed by atoms with van der Waals surface area (Å²) in [7, 11) is 0. The Kier molecular flexibility index (Phi) is 6.11. The van der Waals surface area contributed by atoms with E-state index in [1.807, 2.05) is 0 Å². The third-order valence-corrected chi connectivity index (χ3v) is 5.28. The van der Waals surface area contributed by atoms with Gasteiger partial charge in [-0.25, -0.2) is 8.78 Å². The van der Waals surface area contributed by atoms with Crippen LogP contribution >= 0.6 is 23.2 Å². The van der Waals surface area contributed by atoms with Gasteiger partial charge in [-0.3, -0.25) is 4.98 Å². The maximum atomic E-state index is 14.0. The van der Waals surface area contributed by atoms with Crippen LogP contribution in [0.2, 0.25) is 10.0 Å². The largest absolute Gasteiger partial charge is 0.486 e. The van der Waals surface area contributed by atoms with Crippen LogP contribution in [0, 0.1) is 0 Å². The van der Waals surface area contributed by atoms with Crippen molar-refractivity contribution in [3.05, 3.63) is 75.2 Å². The zero-order valence-electron chi connectivity index (χ0n) is 16.1. The lowest BCUT2D eigenvalue weighted by Crippen LogP contribution is -2.05. The van der Waals surface area contributed by atoms with E-state index in [1.165, 1.54) is 24.4 Å². The summed E-state index contributed by atoms with van der Waals surface area (Å²) in [6.07, 6.45) is 1.09. The summed E-state index contributed by atoms with van der Waals surface area (Å²) in [5.74, 6) is 0.654. The number of nitrogens with zero attached hydrogens (tertiary/aromatic N) is 4. The number of H-pyrrole nitrogens is 1. The number of tetrazole rings is 1. The van der Waals surface area contributed by atoms with Crippen molar-refractivity contribution in [3.63, 3.8) is 0 Å². The summed E-state index contributed by atoms with van der Waals surface area (Å²) < 4.78 is 34.0. The van der Waals surface area contributed by atoms with Gasteiger partial charge in [0, 0.05) is 38.3 Å². The number of ether oxygens (including phenoxy) is 1. The molecule has 2 heterocycles. The van der Waals surface area contributed by atoms with E-state index in [9.17, 15) is 8.78 Å². The summed E-state index contributed by atoms with van der Waals surface area (Å²) in [5.41, 5.74) is 1.11. The number of benzene rings is 2. The molecule has 0 amide bonds. The van der Waals surface area contributed by atoms with E-state index in [4.69, 9.17) is 27.9 Å². The van der Waals surface area contributed by atoms with Crippen molar-refractivity contribution in [2.75, 3.05) is 0 Å². The van der Waals surface area contributed by atoms with E-state index in [0.29, 0.717) is 26.9 Å². The molecule has 0 saturated heterocycles. The van der Waals surface area contributed by atoms with Crippen molar-refractivity contribution in [2.45, 2.75) is 19.5 Å². The van der Waals surface area contributed by atoms with E-state index in [-0.39, 0.29) is 22.3 Å². The van der Waals surface area contributed by atoms with E-state index >= 15 is 0 Å². The zero-order valence-corrected chi connectivity index (χ0v) is 17.6. The molecule has 0 radical (unpaired) electrons. The first-order chi connectivity index (χ1) is 14.9. The highest BCUT2D eigenvalue weighted by Crippen LogP contribution is 2.36. The molecule has 0 aliphatic rings. The Hall–Kier alpha value is -3.10. The van der Waals surface area contributed by atoms with Crippen molar-refractivity contribution in [1.82, 2.24) is 25.6 Å². The lowest BCUT2D eigenvalue weighted by molar-refractivity contribution is 0.153. The minimum Gasteiger partial charge on any atom is -0.486 e. The summed E-state index contributed by atoms with van der Waals surface area (Å²) in [4.78, 5) is 4.28. The maximum Gasteiger partial charge on any atom is 0.265 e. The second-order valence-electron chi connectivity index (χ2n) is 6.61. The van der Waals surface area contributed by atoms with Gasteiger partial charge < -0.3 is 4.74 Å². The molecule has 1 N–H and O–H groups in total. The number of rotatable bonds is 6. The Morgan fingerprint density at radius 1 is 1.06 bits per heavy atom. The van der Waals surface area contributed by atoms with Gasteiger partial charge >= 0.3 is 0 Å². The molecular formula is C21H15Cl2F2N5O. The van der Waals surface area contributed by atoms with E-state index < -0.39 is 12.5 Å². The van der Waals surface area contributed by atoms with Gasteiger partial charge in [0.2, 0.25) is 0 Å². The summed E-state index contributed by atoms with van der Waals surface area (Å²) in [5, 5.41) is 14.5. The second kappa shape index (κ2) is 8.95. The van der Waals surface area contributed by atoms with Crippen LogP contribution in [0.15, 0.2) is 42.6 Å². The summed E-state index contributed by atoms with van der Waals surface area (Å²) in [6, 6.07) is 10.00. The molecule has 0 spiro atoms. The predicted octanol–water partition coefficient (Wildman–Crippen LogP) is 6.30. The molecule has 0 aliphatic carbocycles. The van der Waals surface area contributed by atoms with Crippen molar-refractivity contribution < 1.29 is 13.5 Å². The first-order valence-corrected chi connectivity index (χ1v) is 9.92. The normalized spacial score (nSPS) is 12.7. The molecule has 0 unspecified atom stereocenters. The minimum absolute atomic E-state index is 0.168. The standard InChI is InChI=1S/C21H15Cl2F2N5O/c1-11(19-15(22)3-2-4-16(19)23)31-13-6-7-17-14(9-13)20(21(24)25)12(10-26-17)5-8-18-27-29-30-28-18/h2-11,21H,1H3,(H,27,28,29,30)/b8-5+/t11-/m0/s1. The van der Waals surface area contributed by atoms with Crippen LogP contribution in [0.4, 0.5) is 8.78 Å². The molecule has 31 heavy (non-hydrogen) atoms. The van der Waals surface area contributed by atoms with E-state index in [2.05, 4.69) is 25.6 Å². The Morgan fingerprint density at radius 3 is 2.52 bits per heavy atom. The number of alkyl halides is 2. The lowest BCUT2D eigenvalue weighted by Gasteiger charge is -2.18. The van der Waals surface area contributed by atoms with Crippen molar-refractivity contribution in [1.29, 1.82) is 0 Å². The zero-order chi connectivity index (χ0) is 22.0. The van der Waals surface area contributed by atoms with Crippen LogP contribution in [0.25, 0.3) is 23.1 Å². The van der Waals surface area contributed by atoms with Crippen LogP contribution < -0.4 is 4.74 Å². The molecule has 10 heteroatoms. The molecule has 0 aliphatic heterocycles. The number of aromatic nitrogens is 5. The molecule has 1 atom stereocenters. The molecule has 2 aromatic carbocycles. The van der Waals surface area contributed by atoms with Gasteiger partial charge in [-0.2, -0.15) is 5.21 Å². The molecule has 158 valence electrons. The highest BCUT2D eigenvalue weighted by atomic mass is 35.5. The SMILES string of the molecule is C[C@H](Oc1ccc2ncc(/C=C/c3nn[nH]n3)c(C(F)F)c2c1)c1c(Cl)cccc1Cl. The molecule has 6 nitrogen and oxygen atoms in total. The molecule has 4 rings (SSSR count). The van der Waals surface area contributed by atoms with Crippen LogP contribution in [0.5, 0.6) is 5.75 Å². The highest BCUT2D eigenvalue weighted by Gasteiger charge is 2.19. The van der Waals surface area contributed by atoms with Crippen LogP contribution in [0.3, 0.4) is 0 Å². The molecule has 0 bridgehead atoms. The highest BCUT2D eigenvalue weighted by molar-refractivity contribution is 6.36. The average Bonchev–Trinajstić information content (AvgIpc) is 3.25. The molecule has 4 aromatic rings. The topological polar surface area (TPSA) is 76.6 Å². The van der Waals surface area contributed by atoms with Gasteiger partial charge in [0.25, 0.3) is 6.43 Å². The third kappa shape index (κ3) is 4.50. The first-order valence-electron chi connectivity index (χ1n) is 9.17. The Morgan fingerprint density at radius 2 is 1.84 bits per heavy atom. The lowest BCUT2D eigenvalue weighted by atomic mass is 10.0. The van der Waals surface area contributed by atoms with Gasteiger partial charge in [-0.1, -0.05) is 29.3 Å². The van der Waals surface area contributed by atoms with Gasteiger partial charge in [0.05, 0.1) is 5.52 Å². The van der Waals surface area contributed by atoms with Gasteiger partial charge in [0.1, 0.15) is 11.9 Å². The van der Waals surface area contributed by atoms with Crippen molar-refractivity contribution >= 4 is 46.3 Å². The number of fused-ring (bicyclic) bond motifs is 1. The minimum atomic E-state index is -2.74. The Labute approximate surface area is 185 Å². The van der Waals surface area contributed by atoms with Gasteiger partial charge in [-0.05, 0) is 54.6 Å². The molecule has 0 fully saturated rings. The van der Waals surface area contributed by atoms with Gasteiger partial charge in [0.15, 0.2) is 5.82 Å². The van der Waals surface area contributed by atoms with Crippen molar-refractivity contribution in [3.8, 4) is 5.75 Å². The average molecular weight is 462 g/mol. The monoisotopic (exact) mass is 461 g/mol.